The summed E-state index contributed by atoms with van der Waals surface area (Å²) in [6, 6.07) is 19.3. The van der Waals surface area contributed by atoms with E-state index in [1.54, 1.807) is 54.6 Å². The van der Waals surface area contributed by atoms with Crippen molar-refractivity contribution in [3.63, 3.8) is 0 Å². The Morgan fingerprint density at radius 2 is 1.73 bits per heavy atom. The van der Waals surface area contributed by atoms with Crippen LogP contribution in [0.3, 0.4) is 0 Å². The molecule has 10 heteroatoms. The van der Waals surface area contributed by atoms with Crippen LogP contribution < -0.4 is 19.2 Å². The Balaban J connectivity index is 1.85. The molecule has 0 aliphatic heterocycles. The van der Waals surface area contributed by atoms with Crippen molar-refractivity contribution in [1.29, 1.82) is 0 Å². The van der Waals surface area contributed by atoms with Gasteiger partial charge in [0.25, 0.3) is 15.9 Å². The van der Waals surface area contributed by atoms with E-state index in [1.165, 1.54) is 38.6 Å². The second-order valence-electron chi connectivity index (χ2n) is 6.68. The number of ether oxygens (including phenoxy) is 2. The molecule has 0 fully saturated rings. The molecule has 0 atom stereocenters. The zero-order valence-corrected chi connectivity index (χ0v) is 19.5. The van der Waals surface area contributed by atoms with Gasteiger partial charge in [0, 0.05) is 5.56 Å². The Morgan fingerprint density at radius 1 is 1.03 bits per heavy atom. The van der Waals surface area contributed by atoms with Gasteiger partial charge in [0.05, 0.1) is 36.0 Å². The molecule has 0 aromatic heterocycles. The van der Waals surface area contributed by atoms with Crippen molar-refractivity contribution in [2.24, 2.45) is 5.10 Å². The molecule has 1 amide bonds. The van der Waals surface area contributed by atoms with Gasteiger partial charge in [-0.05, 0) is 42.5 Å². The maximum absolute atomic E-state index is 13.3. The van der Waals surface area contributed by atoms with E-state index in [4.69, 9.17) is 21.1 Å². The van der Waals surface area contributed by atoms with Crippen LogP contribution in [0.25, 0.3) is 0 Å². The first-order valence-electron chi connectivity index (χ1n) is 9.73. The molecular formula is C23H22ClN3O5S. The number of benzene rings is 3. The second-order valence-corrected chi connectivity index (χ2v) is 8.95. The first-order chi connectivity index (χ1) is 15.9. The highest BCUT2D eigenvalue weighted by Gasteiger charge is 2.28. The third-order valence-electron chi connectivity index (χ3n) is 4.57. The van der Waals surface area contributed by atoms with Crippen molar-refractivity contribution in [3.8, 4) is 11.5 Å². The zero-order valence-electron chi connectivity index (χ0n) is 17.9. The largest absolute Gasteiger partial charge is 0.497 e. The molecule has 0 saturated carbocycles. The van der Waals surface area contributed by atoms with Crippen LogP contribution in [0.2, 0.25) is 5.02 Å². The summed E-state index contributed by atoms with van der Waals surface area (Å²) < 4.78 is 38.0. The third-order valence-corrected chi connectivity index (χ3v) is 6.66. The van der Waals surface area contributed by atoms with Gasteiger partial charge in [-0.1, -0.05) is 41.9 Å². The van der Waals surface area contributed by atoms with Crippen molar-refractivity contribution in [2.45, 2.75) is 4.90 Å². The molecule has 0 aliphatic rings. The number of sulfonamides is 1. The van der Waals surface area contributed by atoms with Gasteiger partial charge in [0.2, 0.25) is 0 Å². The number of hydrazone groups is 1. The normalized spacial score (nSPS) is 11.2. The number of rotatable bonds is 9. The van der Waals surface area contributed by atoms with Crippen LogP contribution in [-0.2, 0) is 14.8 Å². The highest BCUT2D eigenvalue weighted by molar-refractivity contribution is 7.92. The minimum atomic E-state index is -4.07. The molecule has 3 aromatic carbocycles. The molecule has 0 bridgehead atoms. The summed E-state index contributed by atoms with van der Waals surface area (Å²) >= 11 is 6.25. The number of amides is 1. The van der Waals surface area contributed by atoms with Crippen LogP contribution >= 0.6 is 11.6 Å². The quantitative estimate of drug-likeness (QED) is 0.366. The van der Waals surface area contributed by atoms with Crippen molar-refractivity contribution in [1.82, 2.24) is 5.43 Å². The lowest BCUT2D eigenvalue weighted by Crippen LogP contribution is -2.39. The number of methoxy groups -OCH3 is 2. The standard InChI is InChI=1S/C23H22ClN3O5S/c1-31-18-12-13-22(32-2)17(14-18)15-25-26-23(28)16-27(21-11-7-6-10-20(21)24)33(29,30)19-8-4-3-5-9-19/h3-15H,16H2,1-2H3,(H,26,28)/b25-15-. The van der Waals surface area contributed by atoms with E-state index in [0.717, 1.165) is 4.31 Å². The second kappa shape index (κ2) is 10.8. The van der Waals surface area contributed by atoms with E-state index in [1.807, 2.05) is 0 Å². The zero-order chi connectivity index (χ0) is 23.8. The number of nitrogens with zero attached hydrogens (tertiary/aromatic N) is 2. The summed E-state index contributed by atoms with van der Waals surface area (Å²) in [6.45, 7) is -0.534. The van der Waals surface area contributed by atoms with Crippen molar-refractivity contribution >= 4 is 39.4 Å². The van der Waals surface area contributed by atoms with Crippen LogP contribution in [0, 0.1) is 0 Å². The molecule has 33 heavy (non-hydrogen) atoms. The molecule has 3 rings (SSSR count). The molecule has 172 valence electrons. The van der Waals surface area contributed by atoms with Crippen molar-refractivity contribution in [2.75, 3.05) is 25.1 Å². The summed E-state index contributed by atoms with van der Waals surface area (Å²) in [7, 11) is -1.03. The molecule has 1 N–H and O–H groups in total. The molecular weight excluding hydrogens is 466 g/mol. The average molecular weight is 488 g/mol. The fourth-order valence-electron chi connectivity index (χ4n) is 2.95. The summed E-state index contributed by atoms with van der Waals surface area (Å²) in [4.78, 5) is 12.7. The number of carbonyl (C=O) groups excluding carboxylic acids is 1. The van der Waals surface area contributed by atoms with E-state index in [2.05, 4.69) is 10.5 Å². The van der Waals surface area contributed by atoms with Gasteiger partial charge in [-0.25, -0.2) is 13.8 Å². The monoisotopic (exact) mass is 487 g/mol. The van der Waals surface area contributed by atoms with Gasteiger partial charge in [-0.15, -0.1) is 0 Å². The molecule has 8 nitrogen and oxygen atoms in total. The maximum Gasteiger partial charge on any atom is 0.264 e. The summed E-state index contributed by atoms with van der Waals surface area (Å²) in [5.74, 6) is 0.452. The van der Waals surface area contributed by atoms with Gasteiger partial charge >= 0.3 is 0 Å². The molecule has 0 radical (unpaired) electrons. The maximum atomic E-state index is 13.3. The van der Waals surface area contributed by atoms with Gasteiger partial charge in [0.15, 0.2) is 0 Å². The highest BCUT2D eigenvalue weighted by Crippen LogP contribution is 2.30. The minimum absolute atomic E-state index is 0.0299. The SMILES string of the molecule is COc1ccc(OC)c(/C=N\NC(=O)CN(c2ccccc2Cl)S(=O)(=O)c2ccccc2)c1. The number of anilines is 1. The minimum Gasteiger partial charge on any atom is -0.497 e. The molecule has 0 aliphatic carbocycles. The number of nitrogens with one attached hydrogen (secondary N) is 1. The molecule has 0 unspecified atom stereocenters. The lowest BCUT2D eigenvalue weighted by Gasteiger charge is -2.24. The van der Waals surface area contributed by atoms with Gasteiger partial charge in [-0.2, -0.15) is 5.10 Å². The van der Waals surface area contributed by atoms with Gasteiger partial charge in [-0.3, -0.25) is 9.10 Å². The van der Waals surface area contributed by atoms with Crippen molar-refractivity contribution in [3.05, 3.63) is 83.4 Å². The smallest absolute Gasteiger partial charge is 0.264 e. The van der Waals surface area contributed by atoms with E-state index in [0.29, 0.717) is 17.1 Å². The Kier molecular flexibility index (Phi) is 7.92. The van der Waals surface area contributed by atoms with Gasteiger partial charge in [0.1, 0.15) is 18.0 Å². The van der Waals surface area contributed by atoms with E-state index in [-0.39, 0.29) is 15.6 Å². The molecule has 0 heterocycles. The van der Waals surface area contributed by atoms with Gasteiger partial charge < -0.3 is 9.47 Å². The predicted octanol–water partition coefficient (Wildman–Crippen LogP) is 3.70. The lowest BCUT2D eigenvalue weighted by atomic mass is 10.2. The number of para-hydroxylation sites is 1. The molecule has 0 spiro atoms. The Labute approximate surface area is 197 Å². The Hall–Kier alpha value is -3.56. The summed E-state index contributed by atoms with van der Waals surface area (Å²) in [5.41, 5.74) is 3.09. The van der Waals surface area contributed by atoms with Crippen LogP contribution in [-0.4, -0.2) is 41.3 Å². The van der Waals surface area contributed by atoms with E-state index >= 15 is 0 Å². The van der Waals surface area contributed by atoms with E-state index < -0.39 is 22.5 Å². The predicted molar refractivity (Wildman–Crippen MR) is 128 cm³/mol. The number of hydrogen-bond acceptors (Lipinski definition) is 6. The highest BCUT2D eigenvalue weighted by atomic mass is 35.5. The van der Waals surface area contributed by atoms with Crippen LogP contribution in [0.4, 0.5) is 5.69 Å². The fourth-order valence-corrected chi connectivity index (χ4v) is 4.70. The first-order valence-corrected chi connectivity index (χ1v) is 11.5. The van der Waals surface area contributed by atoms with Crippen LogP contribution in [0.15, 0.2) is 82.8 Å². The summed E-state index contributed by atoms with van der Waals surface area (Å²) in [6.07, 6.45) is 1.38. The molecule has 0 saturated heterocycles. The topological polar surface area (TPSA) is 97.3 Å². The number of carbonyl (C=O) groups is 1. The lowest BCUT2D eigenvalue weighted by molar-refractivity contribution is -0.119. The Morgan fingerprint density at radius 3 is 2.39 bits per heavy atom. The first kappa shape index (κ1) is 24.1. The number of halogens is 1. The van der Waals surface area contributed by atoms with E-state index in [9.17, 15) is 13.2 Å². The number of hydrogen-bond donors (Lipinski definition) is 1. The van der Waals surface area contributed by atoms with Crippen LogP contribution in [0.1, 0.15) is 5.56 Å². The third kappa shape index (κ3) is 5.82. The summed E-state index contributed by atoms with van der Waals surface area (Å²) in [5, 5.41) is 4.12. The Bertz CT molecular complexity index is 1250. The molecule has 3 aromatic rings. The fraction of sp³-hybridized carbons (Fsp3) is 0.130. The average Bonchev–Trinajstić information content (AvgIpc) is 2.83. The van der Waals surface area contributed by atoms with Crippen LogP contribution in [0.5, 0.6) is 11.5 Å². The van der Waals surface area contributed by atoms with Crippen molar-refractivity contribution < 1.29 is 22.7 Å².